The van der Waals surface area contributed by atoms with Gasteiger partial charge in [0.15, 0.2) is 0 Å². The molecule has 6 rings (SSSR count). The van der Waals surface area contributed by atoms with Crippen molar-refractivity contribution < 1.29 is 19.0 Å². The number of ether oxygens (including phenoxy) is 3. The molecule has 0 bridgehead atoms. The van der Waals surface area contributed by atoms with Crippen molar-refractivity contribution in [2.24, 2.45) is 0 Å². The molecule has 0 saturated carbocycles. The molecular weight excluding hydrogens is 568 g/mol. The third kappa shape index (κ3) is 7.25. The van der Waals surface area contributed by atoms with Gasteiger partial charge in [-0.15, -0.1) is 0 Å². The van der Waals surface area contributed by atoms with E-state index in [9.17, 15) is 4.79 Å². The molecule has 0 aliphatic carbocycles. The van der Waals surface area contributed by atoms with Crippen LogP contribution in [0.4, 0.5) is 28.7 Å². The van der Waals surface area contributed by atoms with Crippen LogP contribution in [-0.2, 0) is 9.53 Å². The minimum absolute atomic E-state index is 0.303. The molecule has 2 N–H and O–H groups in total. The SMILES string of the molecule is C=CC(=O)Nc1cccc(Oc2nc(Nc3ccc(N4CCN(c5ccccc5)CC4)cc3OC)ncc2C2=CCOCC2)c1. The maximum absolute atomic E-state index is 11.8. The molecule has 1 saturated heterocycles. The third-order valence-electron chi connectivity index (χ3n) is 7.76. The van der Waals surface area contributed by atoms with Gasteiger partial charge in [0.1, 0.15) is 11.5 Å². The number of hydrogen-bond acceptors (Lipinski definition) is 9. The molecule has 3 heterocycles. The van der Waals surface area contributed by atoms with Crippen LogP contribution >= 0.6 is 0 Å². The quantitative estimate of drug-likeness (QED) is 0.203. The van der Waals surface area contributed by atoms with Gasteiger partial charge < -0.3 is 34.6 Å². The van der Waals surface area contributed by atoms with E-state index in [1.165, 1.54) is 11.8 Å². The Bertz CT molecular complexity index is 1690. The molecule has 1 fully saturated rings. The zero-order valence-corrected chi connectivity index (χ0v) is 25.2. The second-order valence-corrected chi connectivity index (χ2v) is 10.6. The average molecular weight is 605 g/mol. The lowest BCUT2D eigenvalue weighted by molar-refractivity contribution is -0.111. The molecule has 0 atom stereocenters. The Hall–Kier alpha value is -5.35. The normalized spacial score (nSPS) is 14.7. The predicted octanol–water partition coefficient (Wildman–Crippen LogP) is 6.28. The van der Waals surface area contributed by atoms with Crippen molar-refractivity contribution >= 4 is 40.2 Å². The Morgan fingerprint density at radius 1 is 0.978 bits per heavy atom. The van der Waals surface area contributed by atoms with Gasteiger partial charge in [-0.3, -0.25) is 4.79 Å². The van der Waals surface area contributed by atoms with Gasteiger partial charge in [-0.2, -0.15) is 4.98 Å². The first-order valence-corrected chi connectivity index (χ1v) is 14.9. The van der Waals surface area contributed by atoms with Crippen LogP contribution in [0, 0.1) is 0 Å². The van der Waals surface area contributed by atoms with E-state index in [1.807, 2.05) is 30.3 Å². The minimum Gasteiger partial charge on any atom is -0.494 e. The Morgan fingerprint density at radius 2 is 1.78 bits per heavy atom. The van der Waals surface area contributed by atoms with E-state index in [0.29, 0.717) is 42.2 Å². The lowest BCUT2D eigenvalue weighted by Gasteiger charge is -2.37. The second kappa shape index (κ2) is 14.0. The topological polar surface area (TPSA) is 101 Å². The monoisotopic (exact) mass is 604 g/mol. The highest BCUT2D eigenvalue weighted by molar-refractivity contribution is 5.99. The number of rotatable bonds is 10. The number of nitrogens with zero attached hydrogens (tertiary/aromatic N) is 4. The number of carbonyl (C=O) groups excluding carboxylic acids is 1. The molecule has 10 heteroatoms. The van der Waals surface area contributed by atoms with Crippen LogP contribution in [0.3, 0.4) is 0 Å². The molecule has 1 aromatic heterocycles. The van der Waals surface area contributed by atoms with E-state index >= 15 is 0 Å². The molecule has 1 amide bonds. The zero-order valence-electron chi connectivity index (χ0n) is 25.2. The Morgan fingerprint density at radius 3 is 2.51 bits per heavy atom. The van der Waals surface area contributed by atoms with Crippen LogP contribution in [0.5, 0.6) is 17.4 Å². The number of anilines is 5. The van der Waals surface area contributed by atoms with E-state index in [1.54, 1.807) is 31.5 Å². The fraction of sp³-hybridized carbons (Fsp3) is 0.229. The van der Waals surface area contributed by atoms with Crippen molar-refractivity contribution in [1.82, 2.24) is 9.97 Å². The van der Waals surface area contributed by atoms with E-state index in [-0.39, 0.29) is 5.91 Å². The van der Waals surface area contributed by atoms with Gasteiger partial charge in [-0.1, -0.05) is 36.9 Å². The summed E-state index contributed by atoms with van der Waals surface area (Å²) in [6.45, 7) is 8.35. The van der Waals surface area contributed by atoms with Gasteiger partial charge in [0.25, 0.3) is 0 Å². The lowest BCUT2D eigenvalue weighted by Crippen LogP contribution is -2.46. The van der Waals surface area contributed by atoms with Gasteiger partial charge >= 0.3 is 0 Å². The largest absolute Gasteiger partial charge is 0.494 e. The molecule has 45 heavy (non-hydrogen) atoms. The summed E-state index contributed by atoms with van der Waals surface area (Å²) >= 11 is 0. The van der Waals surface area contributed by atoms with Gasteiger partial charge in [0.05, 0.1) is 31.6 Å². The molecule has 3 aromatic carbocycles. The molecule has 230 valence electrons. The first-order valence-electron chi connectivity index (χ1n) is 14.9. The number of methoxy groups -OCH3 is 1. The van der Waals surface area contributed by atoms with Crippen molar-refractivity contribution in [3.63, 3.8) is 0 Å². The molecule has 4 aromatic rings. The van der Waals surface area contributed by atoms with Crippen molar-refractivity contribution in [2.45, 2.75) is 6.42 Å². The van der Waals surface area contributed by atoms with Crippen LogP contribution in [0.25, 0.3) is 5.57 Å². The van der Waals surface area contributed by atoms with E-state index in [2.05, 4.69) is 62.3 Å². The average Bonchev–Trinajstić information content (AvgIpc) is 3.09. The van der Waals surface area contributed by atoms with E-state index in [0.717, 1.165) is 55.1 Å². The molecule has 10 nitrogen and oxygen atoms in total. The number of nitrogens with one attached hydrogen (secondary N) is 2. The third-order valence-corrected chi connectivity index (χ3v) is 7.76. The fourth-order valence-electron chi connectivity index (χ4n) is 5.40. The summed E-state index contributed by atoms with van der Waals surface area (Å²) in [6, 6.07) is 23.8. The minimum atomic E-state index is -0.303. The molecular formula is C35H36N6O4. The maximum atomic E-state index is 11.8. The van der Waals surface area contributed by atoms with E-state index < -0.39 is 0 Å². The van der Waals surface area contributed by atoms with Crippen LogP contribution < -0.4 is 29.9 Å². The first-order chi connectivity index (χ1) is 22.1. The number of piperazine rings is 1. The standard InChI is InChI=1S/C35H36N6O4/c1-3-33(42)37-26-8-7-11-29(22-26)45-34-30(25-14-20-44-21-15-25)24-36-35(39-34)38-31-13-12-28(23-32(31)43-2)41-18-16-40(17-19-41)27-9-5-4-6-10-27/h3-14,22-24H,1,15-21H2,2H3,(H,37,42)(H,36,38,39). The number of benzene rings is 3. The highest BCUT2D eigenvalue weighted by Gasteiger charge is 2.20. The zero-order chi connectivity index (χ0) is 31.0. The fourth-order valence-corrected chi connectivity index (χ4v) is 5.40. The highest BCUT2D eigenvalue weighted by Crippen LogP contribution is 2.35. The molecule has 2 aliphatic heterocycles. The summed E-state index contributed by atoms with van der Waals surface area (Å²) in [5.41, 5.74) is 5.50. The smallest absolute Gasteiger partial charge is 0.247 e. The van der Waals surface area contributed by atoms with Crippen molar-refractivity contribution in [3.8, 4) is 17.4 Å². The number of amides is 1. The number of aromatic nitrogens is 2. The van der Waals surface area contributed by atoms with Crippen LogP contribution in [0.15, 0.2) is 97.7 Å². The Kier molecular flexibility index (Phi) is 9.22. The van der Waals surface area contributed by atoms with E-state index in [4.69, 9.17) is 19.2 Å². The summed E-state index contributed by atoms with van der Waals surface area (Å²) in [7, 11) is 1.66. The summed E-state index contributed by atoms with van der Waals surface area (Å²) in [5.74, 6) is 1.65. The van der Waals surface area contributed by atoms with Crippen LogP contribution in [0.2, 0.25) is 0 Å². The Balaban J connectivity index is 1.21. The van der Waals surface area contributed by atoms with Gasteiger partial charge in [0, 0.05) is 61.6 Å². The molecule has 2 aliphatic rings. The van der Waals surface area contributed by atoms with Gasteiger partial charge in [0.2, 0.25) is 17.7 Å². The number of hydrogen-bond donors (Lipinski definition) is 2. The van der Waals surface area contributed by atoms with Gasteiger partial charge in [-0.25, -0.2) is 4.98 Å². The summed E-state index contributed by atoms with van der Waals surface area (Å²) in [4.78, 5) is 26.0. The maximum Gasteiger partial charge on any atom is 0.247 e. The second-order valence-electron chi connectivity index (χ2n) is 10.6. The molecule has 0 spiro atoms. The lowest BCUT2D eigenvalue weighted by atomic mass is 10.0. The first kappa shape index (κ1) is 29.7. The molecule has 0 radical (unpaired) electrons. The number of para-hydroxylation sites is 1. The highest BCUT2D eigenvalue weighted by atomic mass is 16.5. The Labute approximate surface area is 263 Å². The van der Waals surface area contributed by atoms with Crippen molar-refractivity contribution in [2.75, 3.05) is 66.9 Å². The van der Waals surface area contributed by atoms with Crippen molar-refractivity contribution in [1.29, 1.82) is 0 Å². The predicted molar refractivity (Wildman–Crippen MR) is 178 cm³/mol. The van der Waals surface area contributed by atoms with Crippen molar-refractivity contribution in [3.05, 3.63) is 103 Å². The summed E-state index contributed by atoms with van der Waals surface area (Å²) in [5, 5.41) is 6.08. The van der Waals surface area contributed by atoms with Crippen LogP contribution in [0.1, 0.15) is 12.0 Å². The summed E-state index contributed by atoms with van der Waals surface area (Å²) in [6.07, 6.45) is 5.72. The number of carbonyl (C=O) groups is 1. The molecule has 0 unspecified atom stereocenters. The van der Waals surface area contributed by atoms with Gasteiger partial charge in [-0.05, 0) is 54.5 Å². The van der Waals surface area contributed by atoms with Crippen LogP contribution in [-0.4, -0.2) is 62.4 Å². The summed E-state index contributed by atoms with van der Waals surface area (Å²) < 4.78 is 17.6.